The first-order chi connectivity index (χ1) is 13.5. The fraction of sp³-hybridized carbons (Fsp3) is 0.143. The molecule has 0 aliphatic carbocycles. The molecule has 1 aromatic heterocycles. The van der Waals surface area contributed by atoms with Gasteiger partial charge in [0.05, 0.1) is 12.8 Å². The monoisotopic (exact) mass is 397 g/mol. The number of methoxy groups -OCH3 is 1. The molecular formula is C21H16FNO4S. The molecule has 1 aliphatic rings. The lowest BCUT2D eigenvalue weighted by Gasteiger charge is -2.24. The zero-order valence-corrected chi connectivity index (χ0v) is 15.7. The average Bonchev–Trinajstić information content (AvgIpc) is 3.07. The molecular weight excluding hydrogens is 381 g/mol. The van der Waals surface area contributed by atoms with Crippen LogP contribution in [0.3, 0.4) is 0 Å². The molecule has 0 fully saturated rings. The molecule has 2 heterocycles. The number of carboxylic acid groups (broad SMARTS) is 1. The molecule has 3 aromatic rings. The Morgan fingerprint density at radius 3 is 2.64 bits per heavy atom. The number of halogens is 1. The summed E-state index contributed by atoms with van der Waals surface area (Å²) in [7, 11) is 1.55. The van der Waals surface area contributed by atoms with E-state index in [1.165, 1.54) is 12.1 Å². The Morgan fingerprint density at radius 1 is 1.25 bits per heavy atom. The van der Waals surface area contributed by atoms with Gasteiger partial charge in [-0.3, -0.25) is 4.79 Å². The summed E-state index contributed by atoms with van der Waals surface area (Å²) in [5, 5.41) is 12.6. The van der Waals surface area contributed by atoms with Gasteiger partial charge in [-0.1, -0.05) is 24.3 Å². The highest BCUT2D eigenvalue weighted by Gasteiger charge is 2.34. The van der Waals surface area contributed by atoms with Gasteiger partial charge in [0.2, 0.25) is 5.91 Å². The third kappa shape index (κ3) is 3.14. The van der Waals surface area contributed by atoms with E-state index in [0.29, 0.717) is 33.0 Å². The summed E-state index contributed by atoms with van der Waals surface area (Å²) < 4.78 is 18.9. The smallest absolute Gasteiger partial charge is 0.346 e. The maximum absolute atomic E-state index is 13.7. The molecule has 0 saturated carbocycles. The van der Waals surface area contributed by atoms with Crippen LogP contribution in [0.2, 0.25) is 0 Å². The lowest BCUT2D eigenvalue weighted by atomic mass is 9.88. The number of nitrogens with one attached hydrogen (secondary N) is 1. The van der Waals surface area contributed by atoms with Crippen LogP contribution in [0, 0.1) is 5.82 Å². The molecule has 142 valence electrons. The Kier molecular flexibility index (Phi) is 4.60. The van der Waals surface area contributed by atoms with Gasteiger partial charge in [0.25, 0.3) is 0 Å². The molecule has 7 heteroatoms. The number of fused-ring (bicyclic) bond motifs is 1. The maximum atomic E-state index is 13.7. The maximum Gasteiger partial charge on any atom is 0.346 e. The van der Waals surface area contributed by atoms with Crippen LogP contribution >= 0.6 is 11.3 Å². The number of amides is 1. The summed E-state index contributed by atoms with van der Waals surface area (Å²) in [6, 6.07) is 13.1. The fourth-order valence-electron chi connectivity index (χ4n) is 3.46. The second-order valence-corrected chi connectivity index (χ2v) is 7.49. The van der Waals surface area contributed by atoms with Crippen LogP contribution in [0.15, 0.2) is 48.5 Å². The normalized spacial score (nSPS) is 15.6. The summed E-state index contributed by atoms with van der Waals surface area (Å²) in [4.78, 5) is 25.2. The molecule has 1 atom stereocenters. The van der Waals surface area contributed by atoms with Gasteiger partial charge in [-0.15, -0.1) is 11.3 Å². The summed E-state index contributed by atoms with van der Waals surface area (Å²) in [6.07, 6.45) is 0.137. The van der Waals surface area contributed by atoms with Crippen molar-refractivity contribution in [1.82, 2.24) is 0 Å². The van der Waals surface area contributed by atoms with E-state index in [2.05, 4.69) is 5.32 Å². The molecule has 2 aromatic carbocycles. The summed E-state index contributed by atoms with van der Waals surface area (Å²) in [5.41, 5.74) is 2.26. The first-order valence-corrected chi connectivity index (χ1v) is 9.39. The number of thiophene rings is 1. The van der Waals surface area contributed by atoms with Crippen molar-refractivity contribution in [3.8, 4) is 16.9 Å². The third-order valence-electron chi connectivity index (χ3n) is 4.73. The zero-order chi connectivity index (χ0) is 19.8. The largest absolute Gasteiger partial charge is 0.497 e. The van der Waals surface area contributed by atoms with E-state index in [1.807, 2.05) is 0 Å². The van der Waals surface area contributed by atoms with Gasteiger partial charge in [-0.05, 0) is 35.4 Å². The molecule has 0 bridgehead atoms. The lowest BCUT2D eigenvalue weighted by Crippen LogP contribution is -2.22. The van der Waals surface area contributed by atoms with Crippen molar-refractivity contribution < 1.29 is 23.8 Å². The minimum absolute atomic E-state index is 0.137. The Labute approximate surface area is 164 Å². The van der Waals surface area contributed by atoms with Gasteiger partial charge in [0, 0.05) is 22.8 Å². The van der Waals surface area contributed by atoms with Gasteiger partial charge >= 0.3 is 5.97 Å². The summed E-state index contributed by atoms with van der Waals surface area (Å²) in [5.74, 6) is -1.44. The van der Waals surface area contributed by atoms with E-state index in [1.54, 1.807) is 43.5 Å². The molecule has 1 amide bonds. The number of carboxylic acids is 1. The van der Waals surface area contributed by atoms with Crippen molar-refractivity contribution in [3.05, 3.63) is 69.7 Å². The fourth-order valence-corrected chi connectivity index (χ4v) is 4.71. The predicted molar refractivity (Wildman–Crippen MR) is 105 cm³/mol. The number of aromatic carboxylic acids is 1. The van der Waals surface area contributed by atoms with Crippen LogP contribution < -0.4 is 10.1 Å². The number of carbonyl (C=O) groups excluding carboxylic acids is 1. The number of hydrogen-bond acceptors (Lipinski definition) is 4. The van der Waals surface area contributed by atoms with E-state index in [0.717, 1.165) is 11.3 Å². The number of ether oxygens (including phenoxy) is 1. The molecule has 1 aliphatic heterocycles. The van der Waals surface area contributed by atoms with Gasteiger partial charge in [-0.2, -0.15) is 0 Å². The molecule has 28 heavy (non-hydrogen) atoms. The van der Waals surface area contributed by atoms with Crippen LogP contribution in [0.25, 0.3) is 11.1 Å². The molecule has 0 spiro atoms. The van der Waals surface area contributed by atoms with E-state index < -0.39 is 17.7 Å². The van der Waals surface area contributed by atoms with E-state index in [4.69, 9.17) is 4.74 Å². The standard InChI is InChI=1S/C21H16FNO4S/c1-27-14-7-5-11(6-8-14)17-18-19(28-20(17)21(25)26)15(10-16(24)23-18)12-3-2-4-13(22)9-12/h2-9,15H,10H2,1H3,(H,23,24)(H,25,26)/t15-/m0/s1. The number of hydrogen-bond donors (Lipinski definition) is 2. The van der Waals surface area contributed by atoms with Crippen LogP contribution in [-0.4, -0.2) is 24.1 Å². The second kappa shape index (κ2) is 7.09. The number of carbonyl (C=O) groups is 2. The van der Waals surface area contributed by atoms with Crippen molar-refractivity contribution in [2.45, 2.75) is 12.3 Å². The molecule has 4 rings (SSSR count). The Morgan fingerprint density at radius 2 is 2.00 bits per heavy atom. The minimum Gasteiger partial charge on any atom is -0.497 e. The first kappa shape index (κ1) is 18.2. The Balaban J connectivity index is 1.91. The second-order valence-electron chi connectivity index (χ2n) is 6.44. The average molecular weight is 397 g/mol. The lowest BCUT2D eigenvalue weighted by molar-refractivity contribution is -0.116. The minimum atomic E-state index is -1.07. The van der Waals surface area contributed by atoms with Crippen LogP contribution in [0.4, 0.5) is 10.1 Å². The van der Waals surface area contributed by atoms with Crippen molar-refractivity contribution in [3.63, 3.8) is 0 Å². The zero-order valence-electron chi connectivity index (χ0n) is 14.9. The third-order valence-corrected chi connectivity index (χ3v) is 6.02. The van der Waals surface area contributed by atoms with Crippen molar-refractivity contribution in [2.24, 2.45) is 0 Å². The van der Waals surface area contributed by atoms with E-state index in [9.17, 15) is 19.1 Å². The van der Waals surface area contributed by atoms with Gasteiger partial charge in [0.1, 0.15) is 16.4 Å². The highest BCUT2D eigenvalue weighted by atomic mass is 32.1. The molecule has 0 saturated heterocycles. The SMILES string of the molecule is COc1ccc(-c2c(C(=O)O)sc3c2NC(=O)C[C@H]3c2cccc(F)c2)cc1. The first-order valence-electron chi connectivity index (χ1n) is 8.57. The summed E-state index contributed by atoms with van der Waals surface area (Å²) in [6.45, 7) is 0. The van der Waals surface area contributed by atoms with Crippen molar-refractivity contribution in [1.29, 1.82) is 0 Å². The number of rotatable bonds is 4. The summed E-state index contributed by atoms with van der Waals surface area (Å²) >= 11 is 1.12. The molecule has 5 nitrogen and oxygen atoms in total. The van der Waals surface area contributed by atoms with Crippen molar-refractivity contribution >= 4 is 28.9 Å². The predicted octanol–water partition coefficient (Wildman–Crippen LogP) is 4.74. The van der Waals surface area contributed by atoms with Gasteiger partial charge in [-0.25, -0.2) is 9.18 Å². The highest BCUT2D eigenvalue weighted by molar-refractivity contribution is 7.15. The van der Waals surface area contributed by atoms with Crippen LogP contribution in [-0.2, 0) is 4.79 Å². The number of anilines is 1. The Hall–Kier alpha value is -3.19. The molecule has 0 unspecified atom stereocenters. The molecule has 0 radical (unpaired) electrons. The van der Waals surface area contributed by atoms with E-state index in [-0.39, 0.29) is 17.2 Å². The number of benzene rings is 2. The quantitative estimate of drug-likeness (QED) is 0.667. The van der Waals surface area contributed by atoms with Crippen LogP contribution in [0.5, 0.6) is 5.75 Å². The van der Waals surface area contributed by atoms with E-state index >= 15 is 0 Å². The van der Waals surface area contributed by atoms with Gasteiger partial charge < -0.3 is 15.2 Å². The highest BCUT2D eigenvalue weighted by Crippen LogP contribution is 2.49. The molecule has 2 N–H and O–H groups in total. The van der Waals surface area contributed by atoms with Crippen LogP contribution in [0.1, 0.15) is 32.5 Å². The topological polar surface area (TPSA) is 75.6 Å². The Bertz CT molecular complexity index is 1070. The van der Waals surface area contributed by atoms with Gasteiger partial charge in [0.15, 0.2) is 0 Å². The van der Waals surface area contributed by atoms with Crippen molar-refractivity contribution in [2.75, 3.05) is 12.4 Å².